The smallest absolute Gasteiger partial charge is 0.410 e. The first-order valence-corrected chi connectivity index (χ1v) is 9.15. The Kier molecular flexibility index (Phi) is 4.68. The third kappa shape index (κ3) is 3.46. The molecule has 1 spiro atoms. The van der Waals surface area contributed by atoms with Crippen molar-refractivity contribution in [2.45, 2.75) is 64.6 Å². The maximum Gasteiger partial charge on any atom is 0.410 e. The van der Waals surface area contributed by atoms with Crippen molar-refractivity contribution in [1.29, 1.82) is 0 Å². The van der Waals surface area contributed by atoms with E-state index in [1.54, 1.807) is 11.8 Å². The van der Waals surface area contributed by atoms with E-state index < -0.39 is 17.2 Å². The number of likely N-dealkylation sites (tertiary alicyclic amines) is 1. The van der Waals surface area contributed by atoms with E-state index >= 15 is 0 Å². The molecule has 1 saturated carbocycles. The lowest BCUT2D eigenvalue weighted by Gasteiger charge is -2.51. The molecule has 1 aliphatic carbocycles. The summed E-state index contributed by atoms with van der Waals surface area (Å²) in [5, 5.41) is 4.05. The molecule has 0 aromatic heterocycles. The highest BCUT2D eigenvalue weighted by Crippen LogP contribution is 2.50. The SMILES string of the molecule is CCOC(=O)C1=NOC2(C1)C1CCCC2CN(C(=O)OC(C)(C)C)C1. The molecular weight excluding hydrogens is 324 g/mol. The second-order valence-electron chi connectivity index (χ2n) is 8.19. The molecule has 2 heterocycles. The Morgan fingerprint density at radius 3 is 2.48 bits per heavy atom. The van der Waals surface area contributed by atoms with Crippen molar-refractivity contribution in [1.82, 2.24) is 4.90 Å². The minimum absolute atomic E-state index is 0.156. The predicted octanol–water partition coefficient (Wildman–Crippen LogP) is 2.73. The molecule has 3 aliphatic rings. The van der Waals surface area contributed by atoms with Gasteiger partial charge < -0.3 is 19.2 Å². The number of esters is 1. The molecule has 2 aliphatic heterocycles. The van der Waals surface area contributed by atoms with Gasteiger partial charge in [0.25, 0.3) is 0 Å². The van der Waals surface area contributed by atoms with Crippen LogP contribution in [0.15, 0.2) is 5.16 Å². The van der Waals surface area contributed by atoms with Crippen LogP contribution < -0.4 is 0 Å². The van der Waals surface area contributed by atoms with Crippen LogP contribution in [0.3, 0.4) is 0 Å². The predicted molar refractivity (Wildman–Crippen MR) is 91.1 cm³/mol. The summed E-state index contributed by atoms with van der Waals surface area (Å²) in [6, 6.07) is 0. The summed E-state index contributed by atoms with van der Waals surface area (Å²) in [5.74, 6) is -0.0848. The van der Waals surface area contributed by atoms with Gasteiger partial charge in [-0.15, -0.1) is 0 Å². The molecule has 0 radical (unpaired) electrons. The third-order valence-electron chi connectivity index (χ3n) is 5.30. The van der Waals surface area contributed by atoms with Crippen molar-refractivity contribution in [3.05, 3.63) is 0 Å². The van der Waals surface area contributed by atoms with Gasteiger partial charge in [0, 0.05) is 31.3 Å². The van der Waals surface area contributed by atoms with Crippen LogP contribution in [0, 0.1) is 11.8 Å². The van der Waals surface area contributed by atoms with Crippen LogP contribution in [-0.2, 0) is 19.1 Å². The van der Waals surface area contributed by atoms with E-state index in [4.69, 9.17) is 14.3 Å². The zero-order valence-corrected chi connectivity index (χ0v) is 15.5. The zero-order valence-electron chi connectivity index (χ0n) is 15.5. The van der Waals surface area contributed by atoms with Gasteiger partial charge in [-0.25, -0.2) is 9.59 Å². The number of oxime groups is 1. The van der Waals surface area contributed by atoms with E-state index in [1.165, 1.54) is 0 Å². The number of carbonyl (C=O) groups is 2. The number of hydrogen-bond donors (Lipinski definition) is 0. The Morgan fingerprint density at radius 2 is 1.92 bits per heavy atom. The van der Waals surface area contributed by atoms with Gasteiger partial charge in [0.2, 0.25) is 0 Å². The van der Waals surface area contributed by atoms with Gasteiger partial charge in [-0.2, -0.15) is 0 Å². The zero-order chi connectivity index (χ0) is 18.2. The summed E-state index contributed by atoms with van der Waals surface area (Å²) < 4.78 is 10.6. The number of amides is 1. The van der Waals surface area contributed by atoms with E-state index in [0.717, 1.165) is 19.3 Å². The van der Waals surface area contributed by atoms with E-state index in [1.807, 2.05) is 20.8 Å². The highest BCUT2D eigenvalue weighted by atomic mass is 16.7. The molecule has 7 heteroatoms. The largest absolute Gasteiger partial charge is 0.461 e. The average molecular weight is 352 g/mol. The molecule has 25 heavy (non-hydrogen) atoms. The van der Waals surface area contributed by atoms with Crippen LogP contribution in [0.5, 0.6) is 0 Å². The number of piperidine rings is 1. The Labute approximate surface area is 148 Å². The summed E-state index contributed by atoms with van der Waals surface area (Å²) in [6.45, 7) is 8.88. The summed E-state index contributed by atoms with van der Waals surface area (Å²) in [5.41, 5.74) is -0.617. The molecule has 1 amide bonds. The molecule has 2 unspecified atom stereocenters. The molecule has 1 saturated heterocycles. The van der Waals surface area contributed by atoms with Crippen molar-refractivity contribution in [3.8, 4) is 0 Å². The Morgan fingerprint density at radius 1 is 1.28 bits per heavy atom. The van der Waals surface area contributed by atoms with Crippen molar-refractivity contribution in [3.63, 3.8) is 0 Å². The Bertz CT molecular complexity index is 567. The Hall–Kier alpha value is -1.79. The number of ether oxygens (including phenoxy) is 2. The van der Waals surface area contributed by atoms with Gasteiger partial charge in [-0.3, -0.25) is 0 Å². The number of hydrogen-bond acceptors (Lipinski definition) is 6. The van der Waals surface area contributed by atoms with Crippen molar-refractivity contribution < 1.29 is 23.9 Å². The van der Waals surface area contributed by atoms with E-state index in [0.29, 0.717) is 31.8 Å². The number of nitrogens with zero attached hydrogens (tertiary/aromatic N) is 2. The van der Waals surface area contributed by atoms with Crippen LogP contribution >= 0.6 is 0 Å². The van der Waals surface area contributed by atoms with E-state index in [9.17, 15) is 9.59 Å². The normalized spacial score (nSPS) is 31.4. The molecule has 140 valence electrons. The summed E-state index contributed by atoms with van der Waals surface area (Å²) in [4.78, 5) is 32.1. The van der Waals surface area contributed by atoms with Crippen LogP contribution in [0.25, 0.3) is 0 Å². The van der Waals surface area contributed by atoms with Gasteiger partial charge in [0.05, 0.1) is 6.61 Å². The summed E-state index contributed by atoms with van der Waals surface area (Å²) >= 11 is 0. The van der Waals surface area contributed by atoms with Crippen molar-refractivity contribution in [2.24, 2.45) is 17.0 Å². The molecule has 3 rings (SSSR count). The third-order valence-corrected chi connectivity index (χ3v) is 5.30. The summed E-state index contributed by atoms with van der Waals surface area (Å²) in [7, 11) is 0. The fourth-order valence-electron chi connectivity index (χ4n) is 4.23. The average Bonchev–Trinajstić information content (AvgIpc) is 2.91. The van der Waals surface area contributed by atoms with E-state index in [2.05, 4.69) is 5.16 Å². The fraction of sp³-hybridized carbons (Fsp3) is 0.833. The highest BCUT2D eigenvalue weighted by Gasteiger charge is 2.58. The van der Waals surface area contributed by atoms with Crippen LogP contribution in [0.4, 0.5) is 4.79 Å². The molecule has 0 aromatic carbocycles. The topological polar surface area (TPSA) is 77.4 Å². The summed E-state index contributed by atoms with van der Waals surface area (Å²) in [6.07, 6.45) is 3.23. The molecule has 7 nitrogen and oxygen atoms in total. The highest BCUT2D eigenvalue weighted by molar-refractivity contribution is 6.36. The van der Waals surface area contributed by atoms with Crippen LogP contribution in [-0.4, -0.2) is 53.6 Å². The van der Waals surface area contributed by atoms with Gasteiger partial charge in [-0.1, -0.05) is 11.6 Å². The minimum Gasteiger partial charge on any atom is -0.461 e. The van der Waals surface area contributed by atoms with E-state index in [-0.39, 0.29) is 17.9 Å². The maximum atomic E-state index is 12.5. The molecule has 2 fully saturated rings. The first kappa shape index (κ1) is 18.0. The Balaban J connectivity index is 1.71. The first-order valence-electron chi connectivity index (χ1n) is 9.15. The number of carbonyl (C=O) groups excluding carboxylic acids is 2. The lowest BCUT2D eigenvalue weighted by molar-refractivity contribution is -0.159. The van der Waals surface area contributed by atoms with Gasteiger partial charge >= 0.3 is 12.1 Å². The van der Waals surface area contributed by atoms with Crippen LogP contribution in [0.1, 0.15) is 53.4 Å². The monoisotopic (exact) mass is 352 g/mol. The molecule has 0 aromatic rings. The first-order chi connectivity index (χ1) is 11.7. The van der Waals surface area contributed by atoms with Gasteiger partial charge in [0.1, 0.15) is 5.60 Å². The quantitative estimate of drug-likeness (QED) is 0.714. The van der Waals surface area contributed by atoms with Crippen molar-refractivity contribution in [2.75, 3.05) is 19.7 Å². The van der Waals surface area contributed by atoms with Gasteiger partial charge in [0.15, 0.2) is 11.3 Å². The fourth-order valence-corrected chi connectivity index (χ4v) is 4.23. The van der Waals surface area contributed by atoms with Crippen LogP contribution in [0.2, 0.25) is 0 Å². The standard InChI is InChI=1S/C18H28N2O5/c1-5-23-15(21)14-9-18(25-19-14)12-7-6-8-13(18)11-20(10-12)16(22)24-17(2,3)4/h12-13H,5-11H2,1-4H3. The lowest BCUT2D eigenvalue weighted by Crippen LogP contribution is -2.61. The van der Waals surface area contributed by atoms with Crippen molar-refractivity contribution >= 4 is 17.8 Å². The number of rotatable bonds is 2. The molecule has 0 N–H and O–H groups in total. The molecule has 2 bridgehead atoms. The molecular formula is C18H28N2O5. The second kappa shape index (κ2) is 6.50. The minimum atomic E-state index is -0.509. The van der Waals surface area contributed by atoms with Gasteiger partial charge in [-0.05, 0) is 40.5 Å². The second-order valence-corrected chi connectivity index (χ2v) is 8.19. The maximum absolute atomic E-state index is 12.5. The molecule has 2 atom stereocenters. The lowest BCUT2D eigenvalue weighted by atomic mass is 9.63.